The van der Waals surface area contributed by atoms with Crippen LogP contribution in [0, 0.1) is 11.8 Å². The molecule has 2 atom stereocenters. The molecule has 98 valence electrons. The van der Waals surface area contributed by atoms with Crippen molar-refractivity contribution in [3.8, 4) is 0 Å². The van der Waals surface area contributed by atoms with Crippen molar-refractivity contribution in [1.29, 1.82) is 0 Å². The third-order valence-electron chi connectivity index (χ3n) is 3.10. The van der Waals surface area contributed by atoms with Crippen LogP contribution in [0.3, 0.4) is 0 Å². The molecule has 2 unspecified atom stereocenters. The van der Waals surface area contributed by atoms with Crippen LogP contribution in [0.5, 0.6) is 0 Å². The van der Waals surface area contributed by atoms with E-state index >= 15 is 0 Å². The van der Waals surface area contributed by atoms with E-state index in [0.717, 1.165) is 24.7 Å². The molecule has 1 aliphatic carbocycles. The van der Waals surface area contributed by atoms with Crippen molar-refractivity contribution in [3.05, 3.63) is 12.2 Å². The molecule has 0 radical (unpaired) electrons. The summed E-state index contributed by atoms with van der Waals surface area (Å²) in [4.78, 5) is 11.0. The summed E-state index contributed by atoms with van der Waals surface area (Å²) in [5, 5.41) is 0. The molecule has 0 aliphatic heterocycles. The molecule has 0 bridgehead atoms. The van der Waals surface area contributed by atoms with E-state index in [2.05, 4.69) is 13.8 Å². The summed E-state index contributed by atoms with van der Waals surface area (Å²) >= 11 is 0. The molecular weight excluding hydrogens is 216 g/mol. The zero-order valence-electron chi connectivity index (χ0n) is 11.1. The predicted octanol–water partition coefficient (Wildman–Crippen LogP) is 2.95. The first-order valence-corrected chi connectivity index (χ1v) is 6.56. The molecule has 1 saturated carbocycles. The van der Waals surface area contributed by atoms with E-state index in [0.29, 0.717) is 19.3 Å². The van der Waals surface area contributed by atoms with Crippen LogP contribution in [-0.4, -0.2) is 25.3 Å². The minimum Gasteiger partial charge on any atom is -0.463 e. The second-order valence-electron chi connectivity index (χ2n) is 5.03. The van der Waals surface area contributed by atoms with Gasteiger partial charge in [-0.3, -0.25) is 0 Å². The zero-order chi connectivity index (χ0) is 12.7. The number of hydrogen-bond acceptors (Lipinski definition) is 3. The van der Waals surface area contributed by atoms with Gasteiger partial charge in [-0.2, -0.15) is 0 Å². The summed E-state index contributed by atoms with van der Waals surface area (Å²) in [6, 6.07) is 0. The van der Waals surface area contributed by atoms with Gasteiger partial charge in [-0.1, -0.05) is 19.9 Å². The molecule has 0 aromatic heterocycles. The highest BCUT2D eigenvalue weighted by atomic mass is 16.5. The lowest BCUT2D eigenvalue weighted by molar-refractivity contribution is -0.137. The van der Waals surface area contributed by atoms with Crippen LogP contribution in [0.2, 0.25) is 0 Å². The van der Waals surface area contributed by atoms with Gasteiger partial charge in [-0.05, 0) is 38.0 Å². The topological polar surface area (TPSA) is 35.5 Å². The van der Waals surface area contributed by atoms with E-state index < -0.39 is 0 Å². The van der Waals surface area contributed by atoms with Crippen LogP contribution in [0.25, 0.3) is 0 Å². The predicted molar refractivity (Wildman–Crippen MR) is 67.7 cm³/mol. The molecule has 3 nitrogen and oxygen atoms in total. The van der Waals surface area contributed by atoms with E-state index in [1.165, 1.54) is 12.5 Å². The lowest BCUT2D eigenvalue weighted by atomic mass is 9.82. The van der Waals surface area contributed by atoms with Gasteiger partial charge in [0.15, 0.2) is 0 Å². The smallest absolute Gasteiger partial charge is 0.330 e. The molecule has 3 heteroatoms. The molecule has 0 amide bonds. The van der Waals surface area contributed by atoms with Crippen LogP contribution in [0.1, 0.15) is 40.0 Å². The largest absolute Gasteiger partial charge is 0.463 e. The molecule has 17 heavy (non-hydrogen) atoms. The van der Waals surface area contributed by atoms with Gasteiger partial charge in [-0.25, -0.2) is 4.79 Å². The van der Waals surface area contributed by atoms with Crippen LogP contribution in [0.15, 0.2) is 12.2 Å². The Balaban J connectivity index is 2.19. The lowest BCUT2D eigenvalue weighted by Crippen LogP contribution is -2.26. The third kappa shape index (κ3) is 5.87. The molecule has 0 aromatic rings. The van der Waals surface area contributed by atoms with Crippen LogP contribution in [-0.2, 0) is 14.3 Å². The van der Waals surface area contributed by atoms with E-state index in [1.54, 1.807) is 13.0 Å². The van der Waals surface area contributed by atoms with Crippen molar-refractivity contribution in [1.82, 2.24) is 0 Å². The molecule has 1 fully saturated rings. The maximum absolute atomic E-state index is 11.0. The second kappa shape index (κ2) is 7.49. The Bertz CT molecular complexity index is 250. The molecule has 1 aliphatic rings. The van der Waals surface area contributed by atoms with Gasteiger partial charge >= 0.3 is 5.97 Å². The molecule has 1 rings (SSSR count). The Morgan fingerprint density at radius 3 is 2.47 bits per heavy atom. The van der Waals surface area contributed by atoms with Gasteiger partial charge in [0.2, 0.25) is 0 Å². The van der Waals surface area contributed by atoms with Crippen molar-refractivity contribution in [2.45, 2.75) is 46.1 Å². The summed E-state index contributed by atoms with van der Waals surface area (Å²) < 4.78 is 10.5. The zero-order valence-corrected chi connectivity index (χ0v) is 11.1. The Kier molecular flexibility index (Phi) is 6.27. The SMILES string of the molecule is CCOC(=O)/C=C/COC1CC(C)CC(C)C1. The van der Waals surface area contributed by atoms with Crippen LogP contribution < -0.4 is 0 Å². The first kappa shape index (κ1) is 14.2. The average Bonchev–Trinajstić information content (AvgIpc) is 2.23. The van der Waals surface area contributed by atoms with Crippen molar-refractivity contribution in [2.24, 2.45) is 11.8 Å². The monoisotopic (exact) mass is 240 g/mol. The maximum Gasteiger partial charge on any atom is 0.330 e. The van der Waals surface area contributed by atoms with E-state index in [1.807, 2.05) is 0 Å². The van der Waals surface area contributed by atoms with Gasteiger partial charge in [0.1, 0.15) is 0 Å². The van der Waals surface area contributed by atoms with Crippen LogP contribution >= 0.6 is 0 Å². The summed E-state index contributed by atoms with van der Waals surface area (Å²) in [5.41, 5.74) is 0. The van der Waals surface area contributed by atoms with Crippen molar-refractivity contribution in [2.75, 3.05) is 13.2 Å². The average molecular weight is 240 g/mol. The molecular formula is C14H24O3. The Hall–Kier alpha value is -0.830. The molecule has 0 heterocycles. The summed E-state index contributed by atoms with van der Waals surface area (Å²) in [5.74, 6) is 1.21. The summed E-state index contributed by atoms with van der Waals surface area (Å²) in [7, 11) is 0. The number of esters is 1. The Labute approximate surface area is 104 Å². The van der Waals surface area contributed by atoms with Gasteiger partial charge in [-0.15, -0.1) is 0 Å². The number of rotatable bonds is 5. The quantitative estimate of drug-likeness (QED) is 0.547. The number of carbonyl (C=O) groups is 1. The van der Waals surface area contributed by atoms with Gasteiger partial charge in [0.25, 0.3) is 0 Å². The maximum atomic E-state index is 11.0. The molecule has 0 N–H and O–H groups in total. The lowest BCUT2D eigenvalue weighted by Gasteiger charge is -2.31. The number of hydrogen-bond donors (Lipinski definition) is 0. The molecule has 0 aromatic carbocycles. The standard InChI is InChI=1S/C14H24O3/c1-4-16-14(15)6-5-7-17-13-9-11(2)8-12(3)10-13/h5-6,11-13H,4,7-10H2,1-3H3/b6-5+. The minimum atomic E-state index is -0.290. The Morgan fingerprint density at radius 2 is 1.88 bits per heavy atom. The van der Waals surface area contributed by atoms with Crippen molar-refractivity contribution >= 4 is 5.97 Å². The first-order chi connectivity index (χ1) is 8.11. The molecule has 0 spiro atoms. The number of carbonyl (C=O) groups excluding carboxylic acids is 1. The highest BCUT2D eigenvalue weighted by molar-refractivity contribution is 5.81. The highest BCUT2D eigenvalue weighted by Crippen LogP contribution is 2.30. The second-order valence-corrected chi connectivity index (χ2v) is 5.03. The summed E-state index contributed by atoms with van der Waals surface area (Å²) in [6.45, 7) is 7.28. The van der Waals surface area contributed by atoms with Crippen molar-refractivity contribution in [3.63, 3.8) is 0 Å². The first-order valence-electron chi connectivity index (χ1n) is 6.56. The van der Waals surface area contributed by atoms with E-state index in [-0.39, 0.29) is 5.97 Å². The van der Waals surface area contributed by atoms with E-state index in [9.17, 15) is 4.79 Å². The van der Waals surface area contributed by atoms with Gasteiger partial charge < -0.3 is 9.47 Å². The van der Waals surface area contributed by atoms with Gasteiger partial charge in [0, 0.05) is 6.08 Å². The highest BCUT2D eigenvalue weighted by Gasteiger charge is 2.23. The molecule has 0 saturated heterocycles. The third-order valence-corrected chi connectivity index (χ3v) is 3.10. The fourth-order valence-electron chi connectivity index (χ4n) is 2.54. The Morgan fingerprint density at radius 1 is 1.24 bits per heavy atom. The normalized spacial score (nSPS) is 29.5. The van der Waals surface area contributed by atoms with Gasteiger partial charge in [0.05, 0.1) is 19.3 Å². The number of ether oxygens (including phenoxy) is 2. The van der Waals surface area contributed by atoms with Crippen LogP contribution in [0.4, 0.5) is 0 Å². The van der Waals surface area contributed by atoms with Crippen molar-refractivity contribution < 1.29 is 14.3 Å². The van der Waals surface area contributed by atoms with E-state index in [4.69, 9.17) is 9.47 Å². The minimum absolute atomic E-state index is 0.290. The summed E-state index contributed by atoms with van der Waals surface area (Å²) in [6.07, 6.45) is 7.11. The fourth-order valence-corrected chi connectivity index (χ4v) is 2.54. The fraction of sp³-hybridized carbons (Fsp3) is 0.786.